The standard InChI is InChI=1S/C20H22N4O2/c25-19(17-10-9-15-6-1-2-7-16(15)14-17)21-11-5-13-24-20(26)23-12-4-3-8-18(23)22-24/h3-4,8-10,12,14H,1-2,5-7,11,13H2,(H,21,25). The molecule has 0 fully saturated rings. The van der Waals surface area contributed by atoms with Crippen molar-refractivity contribution in [3.05, 3.63) is 69.8 Å². The summed E-state index contributed by atoms with van der Waals surface area (Å²) in [6, 6.07) is 11.5. The van der Waals surface area contributed by atoms with Crippen LogP contribution in [0.25, 0.3) is 5.65 Å². The molecule has 1 amide bonds. The molecule has 2 heterocycles. The second kappa shape index (κ2) is 7.15. The molecule has 2 aromatic heterocycles. The minimum Gasteiger partial charge on any atom is -0.352 e. The molecule has 1 aliphatic carbocycles. The lowest BCUT2D eigenvalue weighted by atomic mass is 9.90. The predicted molar refractivity (Wildman–Crippen MR) is 99.5 cm³/mol. The normalized spacial score (nSPS) is 13.5. The molecule has 0 bridgehead atoms. The number of pyridine rings is 1. The van der Waals surface area contributed by atoms with Crippen LogP contribution in [0.4, 0.5) is 0 Å². The Kier molecular flexibility index (Phi) is 4.56. The summed E-state index contributed by atoms with van der Waals surface area (Å²) in [5.41, 5.74) is 3.88. The summed E-state index contributed by atoms with van der Waals surface area (Å²) in [7, 11) is 0. The fraction of sp³-hybridized carbons (Fsp3) is 0.350. The van der Waals surface area contributed by atoms with Crippen molar-refractivity contribution in [1.29, 1.82) is 0 Å². The van der Waals surface area contributed by atoms with Crippen molar-refractivity contribution in [1.82, 2.24) is 19.5 Å². The smallest absolute Gasteiger partial charge is 0.350 e. The van der Waals surface area contributed by atoms with Crippen LogP contribution >= 0.6 is 0 Å². The molecule has 26 heavy (non-hydrogen) atoms. The fourth-order valence-electron chi connectivity index (χ4n) is 3.52. The number of aromatic nitrogens is 3. The number of hydrogen-bond acceptors (Lipinski definition) is 3. The molecule has 0 unspecified atom stereocenters. The first-order valence-corrected chi connectivity index (χ1v) is 9.16. The van der Waals surface area contributed by atoms with Gasteiger partial charge in [0, 0.05) is 24.8 Å². The van der Waals surface area contributed by atoms with Gasteiger partial charge in [-0.3, -0.25) is 9.20 Å². The quantitative estimate of drug-likeness (QED) is 0.717. The highest BCUT2D eigenvalue weighted by molar-refractivity contribution is 5.94. The van der Waals surface area contributed by atoms with Gasteiger partial charge in [0.1, 0.15) is 0 Å². The summed E-state index contributed by atoms with van der Waals surface area (Å²) in [6.07, 6.45) is 6.98. The predicted octanol–water partition coefficient (Wildman–Crippen LogP) is 2.19. The van der Waals surface area contributed by atoms with Crippen LogP contribution in [0.2, 0.25) is 0 Å². The van der Waals surface area contributed by atoms with Crippen LogP contribution in [-0.2, 0) is 19.4 Å². The van der Waals surface area contributed by atoms with E-state index < -0.39 is 0 Å². The minimum atomic E-state index is -0.151. The molecule has 1 N–H and O–H groups in total. The Bertz CT molecular complexity index is 1000. The molecule has 4 rings (SSSR count). The van der Waals surface area contributed by atoms with Gasteiger partial charge >= 0.3 is 5.69 Å². The van der Waals surface area contributed by atoms with Crippen LogP contribution in [0.15, 0.2) is 47.4 Å². The number of amides is 1. The maximum Gasteiger partial charge on any atom is 0.350 e. The van der Waals surface area contributed by atoms with Crippen molar-refractivity contribution in [2.45, 2.75) is 38.6 Å². The van der Waals surface area contributed by atoms with E-state index in [1.165, 1.54) is 33.1 Å². The average Bonchev–Trinajstić information content (AvgIpc) is 3.01. The third-order valence-electron chi connectivity index (χ3n) is 4.93. The van der Waals surface area contributed by atoms with E-state index >= 15 is 0 Å². The number of aryl methyl sites for hydroxylation is 3. The molecule has 0 saturated carbocycles. The monoisotopic (exact) mass is 350 g/mol. The first-order valence-electron chi connectivity index (χ1n) is 9.16. The Morgan fingerprint density at radius 3 is 2.81 bits per heavy atom. The van der Waals surface area contributed by atoms with E-state index in [1.807, 2.05) is 18.2 Å². The summed E-state index contributed by atoms with van der Waals surface area (Å²) < 4.78 is 2.96. The van der Waals surface area contributed by atoms with E-state index in [2.05, 4.69) is 16.5 Å². The van der Waals surface area contributed by atoms with Gasteiger partial charge in [-0.2, -0.15) is 0 Å². The average molecular weight is 350 g/mol. The molecule has 0 radical (unpaired) electrons. The zero-order valence-electron chi connectivity index (χ0n) is 14.6. The van der Waals surface area contributed by atoms with Crippen molar-refractivity contribution in [2.75, 3.05) is 6.54 Å². The van der Waals surface area contributed by atoms with Gasteiger partial charge in [-0.1, -0.05) is 12.1 Å². The third kappa shape index (κ3) is 3.27. The zero-order chi connectivity index (χ0) is 17.9. The molecule has 0 spiro atoms. The van der Waals surface area contributed by atoms with Crippen molar-refractivity contribution < 1.29 is 4.79 Å². The topological polar surface area (TPSA) is 68.4 Å². The van der Waals surface area contributed by atoms with E-state index in [0.29, 0.717) is 25.2 Å². The highest BCUT2D eigenvalue weighted by Crippen LogP contribution is 2.22. The van der Waals surface area contributed by atoms with Crippen LogP contribution in [0.1, 0.15) is 40.7 Å². The highest BCUT2D eigenvalue weighted by atomic mass is 16.2. The third-order valence-corrected chi connectivity index (χ3v) is 4.93. The molecule has 3 aromatic rings. The number of fused-ring (bicyclic) bond motifs is 2. The first kappa shape index (κ1) is 16.6. The number of nitrogens with one attached hydrogen (secondary N) is 1. The van der Waals surface area contributed by atoms with E-state index in [9.17, 15) is 9.59 Å². The molecule has 1 aromatic carbocycles. The van der Waals surface area contributed by atoms with E-state index in [0.717, 1.165) is 18.4 Å². The summed E-state index contributed by atoms with van der Waals surface area (Å²) >= 11 is 0. The van der Waals surface area contributed by atoms with Crippen LogP contribution in [0.3, 0.4) is 0 Å². The van der Waals surface area contributed by atoms with Crippen molar-refractivity contribution >= 4 is 11.6 Å². The maximum atomic E-state index is 12.4. The number of carbonyl (C=O) groups is 1. The Morgan fingerprint density at radius 1 is 1.12 bits per heavy atom. The SMILES string of the molecule is O=C(NCCCn1nc2ccccn2c1=O)c1ccc2c(c1)CCCC2. The van der Waals surface area contributed by atoms with Crippen LogP contribution in [0.5, 0.6) is 0 Å². The van der Waals surface area contributed by atoms with Gasteiger partial charge in [-0.25, -0.2) is 9.48 Å². The van der Waals surface area contributed by atoms with E-state index in [4.69, 9.17) is 0 Å². The van der Waals surface area contributed by atoms with Gasteiger partial charge in [0.25, 0.3) is 5.91 Å². The summed E-state index contributed by atoms with van der Waals surface area (Å²) in [5.74, 6) is -0.0549. The Hall–Kier alpha value is -2.89. The Labute approximate surface area is 151 Å². The van der Waals surface area contributed by atoms with Crippen LogP contribution in [-0.4, -0.2) is 26.6 Å². The Morgan fingerprint density at radius 2 is 1.96 bits per heavy atom. The minimum absolute atomic E-state index is 0.0549. The highest BCUT2D eigenvalue weighted by Gasteiger charge is 2.12. The molecule has 0 saturated heterocycles. The molecule has 6 nitrogen and oxygen atoms in total. The zero-order valence-corrected chi connectivity index (χ0v) is 14.6. The molecule has 0 atom stereocenters. The van der Waals surface area contributed by atoms with Gasteiger partial charge in [-0.15, -0.1) is 5.10 Å². The lowest BCUT2D eigenvalue weighted by molar-refractivity contribution is 0.0952. The molecular formula is C20H22N4O2. The lowest BCUT2D eigenvalue weighted by Crippen LogP contribution is -2.27. The number of benzene rings is 1. The molecule has 6 heteroatoms. The Balaban J connectivity index is 1.33. The lowest BCUT2D eigenvalue weighted by Gasteiger charge is -2.16. The van der Waals surface area contributed by atoms with Crippen LogP contribution in [0, 0.1) is 0 Å². The summed E-state index contributed by atoms with van der Waals surface area (Å²) in [4.78, 5) is 24.5. The largest absolute Gasteiger partial charge is 0.352 e. The number of nitrogens with zero attached hydrogens (tertiary/aromatic N) is 3. The molecular weight excluding hydrogens is 328 g/mol. The van der Waals surface area contributed by atoms with Crippen molar-refractivity contribution in [3.63, 3.8) is 0 Å². The second-order valence-corrected chi connectivity index (χ2v) is 6.73. The second-order valence-electron chi connectivity index (χ2n) is 6.73. The maximum absolute atomic E-state index is 12.4. The van der Waals surface area contributed by atoms with Gasteiger partial charge in [-0.05, 0) is 67.5 Å². The van der Waals surface area contributed by atoms with E-state index in [-0.39, 0.29) is 11.6 Å². The summed E-state index contributed by atoms with van der Waals surface area (Å²) in [6.45, 7) is 0.987. The van der Waals surface area contributed by atoms with Gasteiger partial charge in [0.15, 0.2) is 5.65 Å². The van der Waals surface area contributed by atoms with E-state index in [1.54, 1.807) is 18.3 Å². The first-order chi connectivity index (χ1) is 12.7. The number of rotatable bonds is 5. The molecule has 1 aliphatic rings. The number of hydrogen-bond donors (Lipinski definition) is 1. The molecule has 0 aliphatic heterocycles. The van der Waals surface area contributed by atoms with Gasteiger partial charge in [0.05, 0.1) is 0 Å². The number of carbonyl (C=O) groups excluding carboxylic acids is 1. The molecule has 134 valence electrons. The van der Waals surface area contributed by atoms with Crippen LogP contribution < -0.4 is 11.0 Å². The van der Waals surface area contributed by atoms with Crippen molar-refractivity contribution in [2.24, 2.45) is 0 Å². The van der Waals surface area contributed by atoms with Gasteiger partial charge in [0.2, 0.25) is 0 Å². The summed E-state index contributed by atoms with van der Waals surface area (Å²) in [5, 5.41) is 7.23. The fourth-order valence-corrected chi connectivity index (χ4v) is 3.52. The van der Waals surface area contributed by atoms with Gasteiger partial charge < -0.3 is 5.32 Å². The van der Waals surface area contributed by atoms with Crippen molar-refractivity contribution in [3.8, 4) is 0 Å².